The maximum Gasteiger partial charge on any atom is 0.256 e. The van der Waals surface area contributed by atoms with Crippen molar-refractivity contribution in [2.45, 2.75) is 58.2 Å². The van der Waals surface area contributed by atoms with Gasteiger partial charge in [-0.1, -0.05) is 39.0 Å². The smallest absolute Gasteiger partial charge is 0.256 e. The fourth-order valence-electron chi connectivity index (χ4n) is 3.66. The molecule has 2 aliphatic rings. The molecule has 0 bridgehead atoms. The van der Waals surface area contributed by atoms with Gasteiger partial charge in [0.2, 0.25) is 0 Å². The Balaban J connectivity index is 1.98. The minimum Gasteiger partial charge on any atom is -0.353 e. The van der Waals surface area contributed by atoms with Crippen molar-refractivity contribution in [1.29, 1.82) is 0 Å². The Bertz CT molecular complexity index is 512. The van der Waals surface area contributed by atoms with Gasteiger partial charge >= 0.3 is 0 Å². The third-order valence-electron chi connectivity index (χ3n) is 4.88. The van der Waals surface area contributed by atoms with E-state index in [2.05, 4.69) is 25.7 Å². The van der Waals surface area contributed by atoms with Crippen molar-refractivity contribution in [2.24, 2.45) is 5.41 Å². The molecule has 21 heavy (non-hydrogen) atoms. The molecular weight excluding hydrogens is 262 g/mol. The van der Waals surface area contributed by atoms with E-state index in [4.69, 9.17) is 4.74 Å². The molecule has 1 heterocycles. The van der Waals surface area contributed by atoms with Gasteiger partial charge in [0.25, 0.3) is 5.91 Å². The summed E-state index contributed by atoms with van der Waals surface area (Å²) in [5, 5.41) is 0. The number of amides is 1. The van der Waals surface area contributed by atoms with Crippen molar-refractivity contribution in [3.8, 4) is 0 Å². The van der Waals surface area contributed by atoms with Crippen LogP contribution in [0.4, 0.5) is 0 Å². The first-order valence-corrected chi connectivity index (χ1v) is 7.97. The summed E-state index contributed by atoms with van der Waals surface area (Å²) in [6, 6.07) is 9.76. The quantitative estimate of drug-likeness (QED) is 0.785. The fraction of sp³-hybridized carbons (Fsp3) is 0.611. The number of rotatable bonds is 1. The van der Waals surface area contributed by atoms with Gasteiger partial charge in [0.05, 0.1) is 12.6 Å². The first-order chi connectivity index (χ1) is 9.94. The van der Waals surface area contributed by atoms with Crippen LogP contribution in [-0.4, -0.2) is 29.2 Å². The third kappa shape index (κ3) is 2.48. The minimum atomic E-state index is -0.356. The molecule has 1 saturated carbocycles. The zero-order chi connectivity index (χ0) is 15.1. The van der Waals surface area contributed by atoms with Gasteiger partial charge in [0.1, 0.15) is 5.72 Å². The standard InChI is InChI=1S/C18H25NO2/c1-17(2,3)15-13-21-18(11-7-8-12-18)19(15)16(20)14-9-5-4-6-10-14/h4-6,9-10,15H,7-8,11-13H2,1-3H3/t15-/m0/s1. The van der Waals surface area contributed by atoms with Gasteiger partial charge < -0.3 is 9.64 Å². The van der Waals surface area contributed by atoms with Gasteiger partial charge in [0, 0.05) is 5.56 Å². The van der Waals surface area contributed by atoms with E-state index in [0.29, 0.717) is 6.61 Å². The van der Waals surface area contributed by atoms with E-state index in [1.54, 1.807) is 0 Å². The molecule has 1 aliphatic carbocycles. The average Bonchev–Trinajstić information content (AvgIpc) is 3.07. The topological polar surface area (TPSA) is 29.5 Å². The summed E-state index contributed by atoms with van der Waals surface area (Å²) in [6.07, 6.45) is 4.24. The van der Waals surface area contributed by atoms with Gasteiger partial charge in [-0.3, -0.25) is 4.79 Å². The summed E-state index contributed by atoms with van der Waals surface area (Å²) >= 11 is 0. The first-order valence-electron chi connectivity index (χ1n) is 7.97. The molecule has 0 N–H and O–H groups in total. The van der Waals surface area contributed by atoms with Crippen molar-refractivity contribution < 1.29 is 9.53 Å². The van der Waals surface area contributed by atoms with Crippen LogP contribution in [0, 0.1) is 5.41 Å². The predicted molar refractivity (Wildman–Crippen MR) is 83.0 cm³/mol. The highest BCUT2D eigenvalue weighted by molar-refractivity contribution is 5.95. The van der Waals surface area contributed by atoms with Gasteiger partial charge in [-0.05, 0) is 43.2 Å². The van der Waals surface area contributed by atoms with E-state index in [1.165, 1.54) is 0 Å². The molecule has 1 aromatic carbocycles. The molecule has 1 aliphatic heterocycles. The average molecular weight is 287 g/mol. The molecule has 1 saturated heterocycles. The molecule has 3 heteroatoms. The molecule has 3 nitrogen and oxygen atoms in total. The number of hydrogen-bond acceptors (Lipinski definition) is 2. The summed E-state index contributed by atoms with van der Waals surface area (Å²) in [4.78, 5) is 15.2. The van der Waals surface area contributed by atoms with E-state index < -0.39 is 0 Å². The van der Waals surface area contributed by atoms with E-state index in [9.17, 15) is 4.79 Å². The largest absolute Gasteiger partial charge is 0.353 e. The highest BCUT2D eigenvalue weighted by atomic mass is 16.5. The maximum absolute atomic E-state index is 13.1. The zero-order valence-corrected chi connectivity index (χ0v) is 13.3. The van der Waals surface area contributed by atoms with Crippen LogP contribution < -0.4 is 0 Å². The number of nitrogens with zero attached hydrogens (tertiary/aromatic N) is 1. The molecular formula is C18H25NO2. The molecule has 114 valence electrons. The molecule has 0 aromatic heterocycles. The van der Waals surface area contributed by atoms with Gasteiger partial charge in [-0.2, -0.15) is 0 Å². The van der Waals surface area contributed by atoms with Crippen LogP contribution in [0.15, 0.2) is 30.3 Å². The van der Waals surface area contributed by atoms with E-state index in [0.717, 1.165) is 31.2 Å². The lowest BCUT2D eigenvalue weighted by Gasteiger charge is -2.41. The van der Waals surface area contributed by atoms with Crippen LogP contribution in [-0.2, 0) is 4.74 Å². The number of hydrogen-bond donors (Lipinski definition) is 0. The first kappa shape index (κ1) is 14.6. The molecule has 1 amide bonds. The Morgan fingerprint density at radius 3 is 2.38 bits per heavy atom. The van der Waals surface area contributed by atoms with Crippen LogP contribution in [0.25, 0.3) is 0 Å². The predicted octanol–water partition coefficient (Wildman–Crippen LogP) is 3.84. The molecule has 1 spiro atoms. The minimum absolute atomic E-state index is 0.0243. The lowest BCUT2D eigenvalue weighted by Crippen LogP contribution is -2.53. The second-order valence-electron chi connectivity index (χ2n) is 7.39. The van der Waals surface area contributed by atoms with Crippen molar-refractivity contribution >= 4 is 5.91 Å². The molecule has 2 fully saturated rings. The van der Waals surface area contributed by atoms with Crippen LogP contribution in [0.2, 0.25) is 0 Å². The van der Waals surface area contributed by atoms with Crippen LogP contribution >= 0.6 is 0 Å². The van der Waals surface area contributed by atoms with Gasteiger partial charge in [-0.15, -0.1) is 0 Å². The van der Waals surface area contributed by atoms with Gasteiger partial charge in [-0.25, -0.2) is 0 Å². The Morgan fingerprint density at radius 2 is 1.81 bits per heavy atom. The lowest BCUT2D eigenvalue weighted by atomic mass is 9.85. The van der Waals surface area contributed by atoms with E-state index >= 15 is 0 Å². The fourth-order valence-corrected chi connectivity index (χ4v) is 3.66. The Hall–Kier alpha value is -1.35. The normalized spacial score (nSPS) is 24.7. The zero-order valence-electron chi connectivity index (χ0n) is 13.3. The monoisotopic (exact) mass is 287 g/mol. The molecule has 1 atom stereocenters. The number of carbonyl (C=O) groups excluding carboxylic acids is 1. The Kier molecular flexibility index (Phi) is 3.56. The summed E-state index contributed by atoms with van der Waals surface area (Å²) in [5.41, 5.74) is 0.435. The van der Waals surface area contributed by atoms with Crippen LogP contribution in [0.3, 0.4) is 0 Å². The Morgan fingerprint density at radius 1 is 1.19 bits per heavy atom. The van der Waals surface area contributed by atoms with Crippen molar-refractivity contribution in [1.82, 2.24) is 4.90 Å². The SMILES string of the molecule is CC(C)(C)[C@@H]1COC2(CCCC2)N1C(=O)c1ccccc1. The summed E-state index contributed by atoms with van der Waals surface area (Å²) < 4.78 is 6.20. The van der Waals surface area contributed by atoms with Gasteiger partial charge in [0.15, 0.2) is 0 Å². The second-order valence-corrected chi connectivity index (χ2v) is 7.39. The van der Waals surface area contributed by atoms with Crippen LogP contribution in [0.1, 0.15) is 56.8 Å². The third-order valence-corrected chi connectivity index (χ3v) is 4.88. The Labute approximate surface area is 127 Å². The van der Waals surface area contributed by atoms with E-state index in [1.807, 2.05) is 30.3 Å². The second kappa shape index (κ2) is 5.13. The van der Waals surface area contributed by atoms with Crippen LogP contribution in [0.5, 0.6) is 0 Å². The highest BCUT2D eigenvalue weighted by Gasteiger charge is 2.54. The summed E-state index contributed by atoms with van der Waals surface area (Å²) in [6.45, 7) is 7.24. The molecule has 0 radical (unpaired) electrons. The number of benzene rings is 1. The molecule has 3 rings (SSSR count). The molecule has 0 unspecified atom stereocenters. The highest BCUT2D eigenvalue weighted by Crippen LogP contribution is 2.46. The van der Waals surface area contributed by atoms with E-state index in [-0.39, 0.29) is 23.1 Å². The number of carbonyl (C=O) groups is 1. The van der Waals surface area contributed by atoms with Crippen molar-refractivity contribution in [3.05, 3.63) is 35.9 Å². The summed E-state index contributed by atoms with van der Waals surface area (Å²) in [7, 11) is 0. The van der Waals surface area contributed by atoms with Crippen molar-refractivity contribution in [2.75, 3.05) is 6.61 Å². The summed E-state index contributed by atoms with van der Waals surface area (Å²) in [5.74, 6) is 0.120. The number of ether oxygens (including phenoxy) is 1. The maximum atomic E-state index is 13.1. The van der Waals surface area contributed by atoms with Crippen molar-refractivity contribution in [3.63, 3.8) is 0 Å². The lowest BCUT2D eigenvalue weighted by molar-refractivity contribution is -0.0667. The molecule has 1 aromatic rings.